The number of guanidine groups is 1. The molecule has 0 unspecified atom stereocenters. The van der Waals surface area contributed by atoms with Crippen LogP contribution in [0.5, 0.6) is 0 Å². The van der Waals surface area contributed by atoms with Crippen LogP contribution in [0.3, 0.4) is 0 Å². The Balaban J connectivity index is 0.00000280. The minimum atomic E-state index is -0.446. The van der Waals surface area contributed by atoms with E-state index in [-0.39, 0.29) is 47.3 Å². The fraction of sp³-hybridized carbons (Fsp3) is 0.333. The average Bonchev–Trinajstić information content (AvgIpc) is 3.46. The molecule has 2 N–H and O–H groups in total. The molecule has 0 atom stereocenters. The number of hydrogen-bond acceptors (Lipinski definition) is 2. The minimum absolute atomic E-state index is 0. The third-order valence-electron chi connectivity index (χ3n) is 4.83. The van der Waals surface area contributed by atoms with Crippen molar-refractivity contribution >= 4 is 29.9 Å². The van der Waals surface area contributed by atoms with Gasteiger partial charge < -0.3 is 10.6 Å². The van der Waals surface area contributed by atoms with E-state index in [2.05, 4.69) is 15.6 Å². The van der Waals surface area contributed by atoms with E-state index in [1.807, 2.05) is 25.1 Å². The van der Waals surface area contributed by atoms with E-state index in [0.717, 1.165) is 18.4 Å². The van der Waals surface area contributed by atoms with E-state index in [1.165, 1.54) is 12.1 Å². The summed E-state index contributed by atoms with van der Waals surface area (Å²) in [5, 5.41) is 15.2. The van der Waals surface area contributed by atoms with Crippen molar-refractivity contribution in [3.8, 4) is 6.07 Å². The summed E-state index contributed by atoms with van der Waals surface area (Å²) in [5.74, 6) is -0.0686. The zero-order chi connectivity index (χ0) is 19.3. The number of nitrogens with zero attached hydrogens (tertiary/aromatic N) is 2. The second-order valence-electron chi connectivity index (χ2n) is 6.73. The smallest absolute Gasteiger partial charge is 0.191 e. The Morgan fingerprint density at radius 2 is 1.89 bits per heavy atom. The van der Waals surface area contributed by atoms with E-state index in [4.69, 9.17) is 5.26 Å². The number of nitrogens with one attached hydrogen (secondary N) is 2. The van der Waals surface area contributed by atoms with Crippen molar-refractivity contribution < 1.29 is 8.78 Å². The summed E-state index contributed by atoms with van der Waals surface area (Å²) in [6.45, 7) is 3.33. The molecule has 1 saturated carbocycles. The Labute approximate surface area is 181 Å². The van der Waals surface area contributed by atoms with Crippen LogP contribution in [0, 0.1) is 23.0 Å². The molecule has 2 aromatic carbocycles. The lowest BCUT2D eigenvalue weighted by Gasteiger charge is -2.19. The molecule has 0 aromatic heterocycles. The number of aliphatic imine (C=N–C) groups is 1. The van der Waals surface area contributed by atoms with E-state index >= 15 is 0 Å². The van der Waals surface area contributed by atoms with Crippen molar-refractivity contribution in [1.82, 2.24) is 10.6 Å². The molecule has 0 heterocycles. The maximum atomic E-state index is 14.1. The highest BCUT2D eigenvalue weighted by Crippen LogP contribution is 2.48. The van der Waals surface area contributed by atoms with Crippen LogP contribution in [0.4, 0.5) is 8.78 Å². The van der Waals surface area contributed by atoms with Crippen LogP contribution in [-0.4, -0.2) is 19.0 Å². The summed E-state index contributed by atoms with van der Waals surface area (Å²) in [5.41, 5.74) is 1.22. The first kappa shape index (κ1) is 22.1. The fourth-order valence-electron chi connectivity index (χ4n) is 3.09. The first-order chi connectivity index (χ1) is 13.1. The molecule has 3 rings (SSSR count). The van der Waals surface area contributed by atoms with Crippen LogP contribution in [0.25, 0.3) is 0 Å². The highest BCUT2D eigenvalue weighted by molar-refractivity contribution is 14.0. The number of halogens is 3. The maximum Gasteiger partial charge on any atom is 0.191 e. The van der Waals surface area contributed by atoms with Crippen molar-refractivity contribution in [3.05, 3.63) is 70.8 Å². The van der Waals surface area contributed by atoms with Crippen LogP contribution in [-0.2, 0) is 12.0 Å². The van der Waals surface area contributed by atoms with Gasteiger partial charge in [0, 0.05) is 24.1 Å². The monoisotopic (exact) mass is 496 g/mol. The molecule has 0 saturated heterocycles. The van der Waals surface area contributed by atoms with Crippen LogP contribution in [0.1, 0.15) is 36.5 Å². The first-order valence-electron chi connectivity index (χ1n) is 9.04. The summed E-state index contributed by atoms with van der Waals surface area (Å²) in [6.07, 6.45) is 1.84. The predicted molar refractivity (Wildman–Crippen MR) is 117 cm³/mol. The van der Waals surface area contributed by atoms with Crippen molar-refractivity contribution in [2.45, 2.75) is 31.7 Å². The van der Waals surface area contributed by atoms with Crippen molar-refractivity contribution in [2.24, 2.45) is 4.99 Å². The van der Waals surface area contributed by atoms with Crippen LogP contribution in [0.15, 0.2) is 47.5 Å². The Morgan fingerprint density at radius 1 is 1.14 bits per heavy atom. The fourth-order valence-corrected chi connectivity index (χ4v) is 3.09. The first-order valence-corrected chi connectivity index (χ1v) is 9.04. The zero-order valence-corrected chi connectivity index (χ0v) is 18.0. The van der Waals surface area contributed by atoms with Gasteiger partial charge in [-0.1, -0.05) is 24.3 Å². The Bertz CT molecular complexity index is 888. The molecule has 0 aliphatic heterocycles. The molecule has 4 nitrogen and oxygen atoms in total. The summed E-state index contributed by atoms with van der Waals surface area (Å²) < 4.78 is 28.2. The summed E-state index contributed by atoms with van der Waals surface area (Å²) >= 11 is 0. The van der Waals surface area contributed by atoms with E-state index in [0.29, 0.717) is 24.6 Å². The lowest BCUT2D eigenvalue weighted by atomic mass is 9.95. The van der Waals surface area contributed by atoms with Gasteiger partial charge in [0.1, 0.15) is 11.6 Å². The highest BCUT2D eigenvalue weighted by atomic mass is 127. The lowest BCUT2D eigenvalue weighted by molar-refractivity contribution is 0.559. The summed E-state index contributed by atoms with van der Waals surface area (Å²) in [6, 6.07) is 13.1. The molecular formula is C21H23F2IN4. The maximum absolute atomic E-state index is 14.1. The van der Waals surface area contributed by atoms with Gasteiger partial charge in [-0.2, -0.15) is 5.26 Å². The van der Waals surface area contributed by atoms with Crippen LogP contribution >= 0.6 is 24.0 Å². The standard InChI is InChI=1S/C21H22F2N4.HI/c1-2-25-20(26-13-16-8-7-15(12-24)11-19(16)23)27-14-21(9-10-21)17-5-3-4-6-18(17)22;/h3-8,11H,2,9-10,13-14H2,1H3,(H2,25,26,27);1H. The minimum Gasteiger partial charge on any atom is -0.357 e. The lowest BCUT2D eigenvalue weighted by Crippen LogP contribution is -2.41. The van der Waals surface area contributed by atoms with Gasteiger partial charge >= 0.3 is 0 Å². The average molecular weight is 496 g/mol. The molecule has 0 spiro atoms. The third-order valence-corrected chi connectivity index (χ3v) is 4.83. The van der Waals surface area contributed by atoms with Crippen LogP contribution < -0.4 is 10.6 Å². The molecule has 1 fully saturated rings. The van der Waals surface area contributed by atoms with Crippen molar-refractivity contribution in [3.63, 3.8) is 0 Å². The number of rotatable bonds is 6. The number of nitriles is 1. The summed E-state index contributed by atoms with van der Waals surface area (Å²) in [4.78, 5) is 4.42. The van der Waals surface area contributed by atoms with E-state index in [9.17, 15) is 8.78 Å². The van der Waals surface area contributed by atoms with Gasteiger partial charge in [-0.3, -0.25) is 0 Å². The largest absolute Gasteiger partial charge is 0.357 e. The molecule has 2 aromatic rings. The van der Waals surface area contributed by atoms with Crippen LogP contribution in [0.2, 0.25) is 0 Å². The molecule has 0 amide bonds. The van der Waals surface area contributed by atoms with Gasteiger partial charge in [0.2, 0.25) is 0 Å². The molecule has 0 bridgehead atoms. The molecule has 1 aliphatic carbocycles. The van der Waals surface area contributed by atoms with Gasteiger partial charge in [0.25, 0.3) is 0 Å². The third kappa shape index (κ3) is 5.19. The molecule has 148 valence electrons. The SMILES string of the molecule is CCNC(=NCc1ccc(C#N)cc1F)NCC1(c2ccccc2F)CC1.I. The predicted octanol–water partition coefficient (Wildman–Crippen LogP) is 4.24. The second kappa shape index (κ2) is 9.82. The quantitative estimate of drug-likeness (QED) is 0.358. The Hall–Kier alpha value is -2.21. The van der Waals surface area contributed by atoms with E-state index < -0.39 is 5.82 Å². The Kier molecular flexibility index (Phi) is 7.75. The van der Waals surface area contributed by atoms with Gasteiger partial charge in [-0.25, -0.2) is 13.8 Å². The molecular weight excluding hydrogens is 473 g/mol. The van der Waals surface area contributed by atoms with E-state index in [1.54, 1.807) is 18.2 Å². The number of hydrogen-bond donors (Lipinski definition) is 2. The topological polar surface area (TPSA) is 60.2 Å². The van der Waals surface area contributed by atoms with Gasteiger partial charge in [-0.15, -0.1) is 24.0 Å². The van der Waals surface area contributed by atoms with Crippen molar-refractivity contribution in [2.75, 3.05) is 13.1 Å². The van der Waals surface area contributed by atoms with Gasteiger partial charge in [0.15, 0.2) is 5.96 Å². The Morgan fingerprint density at radius 3 is 2.50 bits per heavy atom. The molecule has 0 radical (unpaired) electrons. The second-order valence-corrected chi connectivity index (χ2v) is 6.73. The van der Waals surface area contributed by atoms with Gasteiger partial charge in [0.05, 0.1) is 18.2 Å². The van der Waals surface area contributed by atoms with Gasteiger partial charge in [-0.05, 0) is 43.5 Å². The van der Waals surface area contributed by atoms with Crippen molar-refractivity contribution in [1.29, 1.82) is 5.26 Å². The molecule has 1 aliphatic rings. The molecule has 28 heavy (non-hydrogen) atoms. The summed E-state index contributed by atoms with van der Waals surface area (Å²) in [7, 11) is 0. The highest BCUT2D eigenvalue weighted by Gasteiger charge is 2.45. The normalized spacial score (nSPS) is 14.6. The number of benzene rings is 2. The molecule has 7 heteroatoms. The zero-order valence-electron chi connectivity index (χ0n) is 15.6.